The number of benzene rings is 7. The molecule has 11 rings (SSSR count). The number of aryl methyl sites for hydroxylation is 4. The van der Waals surface area contributed by atoms with E-state index >= 15 is 0 Å². The van der Waals surface area contributed by atoms with Crippen molar-refractivity contribution in [3.05, 3.63) is 180 Å². The summed E-state index contributed by atoms with van der Waals surface area (Å²) in [5, 5.41) is 8.16. The fourth-order valence-electron chi connectivity index (χ4n) is 9.50. The average molecular weight is 815 g/mol. The molecular weight excluding hydrogens is 757 g/mol. The van der Waals surface area contributed by atoms with E-state index in [1.165, 1.54) is 5.56 Å². The Morgan fingerprint density at radius 3 is 2.18 bits per heavy atom. The molecule has 1 aliphatic heterocycles. The van der Waals surface area contributed by atoms with E-state index in [1.54, 1.807) is 60.8 Å². The molecular formula is C57H50N4O. The molecule has 0 amide bonds. The van der Waals surface area contributed by atoms with Crippen LogP contribution in [0.4, 0.5) is 11.4 Å². The maximum absolute atomic E-state index is 9.08. The Labute approximate surface area is 374 Å². The van der Waals surface area contributed by atoms with E-state index in [1.807, 2.05) is 37.5 Å². The minimum Gasteiger partial charge on any atom is -0.457 e. The standard InChI is InChI=1S/C57H50N4O/c1-35-18-23-44-42-13-8-9-14-43(42)46-16-11-17-51-56(46)60(55-38(4)12-10-15-47(55)48(44)28-35)34-59(51)40-21-20-37(3)53(31-40)62-41-22-24-45-49-29-36(2)19-25-50(49)61(52(45)32-41)54-30-39(26-27-58-54)33-57(5,6)7/h8-32H,33-34H2,1-7H3/i2D3,3D3,33D2. The highest BCUT2D eigenvalue weighted by Gasteiger charge is 2.25. The predicted molar refractivity (Wildman–Crippen MR) is 261 cm³/mol. The van der Waals surface area contributed by atoms with Gasteiger partial charge in [-0.15, -0.1) is 0 Å². The first-order chi connectivity index (χ1) is 33.2. The normalized spacial score (nSPS) is 15.3. The van der Waals surface area contributed by atoms with Gasteiger partial charge in [0.05, 0.1) is 27.8 Å². The fraction of sp³-hybridized carbons (Fsp3) is 0.175. The first-order valence-electron chi connectivity index (χ1n) is 25.1. The predicted octanol–water partition coefficient (Wildman–Crippen LogP) is 15.4. The van der Waals surface area contributed by atoms with Gasteiger partial charge in [-0.2, -0.15) is 0 Å². The average Bonchev–Trinajstić information content (AvgIpc) is 3.87. The van der Waals surface area contributed by atoms with E-state index in [0.29, 0.717) is 40.2 Å². The fourth-order valence-corrected chi connectivity index (χ4v) is 9.50. The van der Waals surface area contributed by atoms with E-state index in [-0.39, 0.29) is 16.9 Å². The topological polar surface area (TPSA) is 35.2 Å². The van der Waals surface area contributed by atoms with Gasteiger partial charge < -0.3 is 14.2 Å². The van der Waals surface area contributed by atoms with Gasteiger partial charge in [0, 0.05) is 56.5 Å². The molecule has 0 saturated carbocycles. The molecule has 5 nitrogen and oxygen atoms in total. The smallest absolute Gasteiger partial charge is 0.137 e. The summed E-state index contributed by atoms with van der Waals surface area (Å²) in [5.74, 6) is 0.939. The Morgan fingerprint density at radius 2 is 1.35 bits per heavy atom. The second-order valence-corrected chi connectivity index (χ2v) is 17.5. The van der Waals surface area contributed by atoms with Crippen LogP contribution >= 0.6 is 0 Å². The number of fused-ring (bicyclic) bond motifs is 10. The van der Waals surface area contributed by atoms with Crippen molar-refractivity contribution in [3.63, 3.8) is 0 Å². The van der Waals surface area contributed by atoms with E-state index < -0.39 is 25.5 Å². The number of hydrogen-bond acceptors (Lipinski definition) is 3. The third-order valence-electron chi connectivity index (χ3n) is 12.1. The lowest BCUT2D eigenvalue weighted by Gasteiger charge is -2.21. The summed E-state index contributed by atoms with van der Waals surface area (Å²) in [6, 6.07) is 47.2. The molecule has 0 aliphatic carbocycles. The van der Waals surface area contributed by atoms with Crippen molar-refractivity contribution in [2.45, 2.75) is 61.4 Å². The molecule has 1 aliphatic rings. The van der Waals surface area contributed by atoms with Crippen molar-refractivity contribution in [2.75, 3.05) is 4.90 Å². The molecule has 0 atom stereocenters. The van der Waals surface area contributed by atoms with Gasteiger partial charge >= 0.3 is 0 Å². The maximum Gasteiger partial charge on any atom is 0.137 e. The summed E-state index contributed by atoms with van der Waals surface area (Å²) in [5.41, 5.74) is 7.35. The van der Waals surface area contributed by atoms with Gasteiger partial charge in [0.2, 0.25) is 0 Å². The van der Waals surface area contributed by atoms with Crippen molar-refractivity contribution in [2.24, 2.45) is 5.41 Å². The number of ether oxygens (including phenoxy) is 1. The van der Waals surface area contributed by atoms with Crippen molar-refractivity contribution in [1.82, 2.24) is 14.1 Å². The summed E-state index contributed by atoms with van der Waals surface area (Å²) < 4.78 is 79.8. The quantitative estimate of drug-likeness (QED) is 0.174. The zero-order chi connectivity index (χ0) is 49.2. The van der Waals surface area contributed by atoms with Crippen LogP contribution in [0.1, 0.15) is 59.6 Å². The minimum atomic E-state index is -2.53. The van der Waals surface area contributed by atoms with Gasteiger partial charge in [0.25, 0.3) is 0 Å². The molecule has 304 valence electrons. The number of aromatic nitrogens is 3. The molecule has 0 unspecified atom stereocenters. The zero-order valence-electron chi connectivity index (χ0n) is 43.3. The number of anilines is 2. The molecule has 0 spiro atoms. The van der Waals surface area contributed by atoms with Crippen LogP contribution in [0.5, 0.6) is 11.5 Å². The van der Waals surface area contributed by atoms with E-state index in [9.17, 15) is 0 Å². The molecule has 10 aromatic rings. The number of para-hydroxylation sites is 2. The molecule has 0 bridgehead atoms. The van der Waals surface area contributed by atoms with Crippen LogP contribution in [-0.4, -0.2) is 14.1 Å². The van der Waals surface area contributed by atoms with Crippen LogP contribution in [0.2, 0.25) is 0 Å². The Hall–Kier alpha value is -7.11. The van der Waals surface area contributed by atoms with Crippen LogP contribution < -0.4 is 9.64 Å². The molecule has 5 heteroatoms. The Balaban J connectivity index is 1.10. The summed E-state index contributed by atoms with van der Waals surface area (Å²) in [4.78, 5) is 6.94. The molecule has 4 heterocycles. The first kappa shape index (κ1) is 30.0. The van der Waals surface area contributed by atoms with Crippen LogP contribution in [-0.2, 0) is 13.0 Å². The first-order valence-corrected chi connectivity index (χ1v) is 21.1. The van der Waals surface area contributed by atoms with Crippen molar-refractivity contribution >= 4 is 76.5 Å². The molecule has 3 aromatic heterocycles. The van der Waals surface area contributed by atoms with Crippen LogP contribution in [0, 0.1) is 33.0 Å². The molecule has 0 radical (unpaired) electrons. The van der Waals surface area contributed by atoms with E-state index in [4.69, 9.17) is 20.7 Å². The minimum absolute atomic E-state index is 0.0412. The lowest BCUT2D eigenvalue weighted by Crippen LogP contribution is -2.15. The van der Waals surface area contributed by atoms with Crippen LogP contribution in [0.25, 0.3) is 71.0 Å². The van der Waals surface area contributed by atoms with Gasteiger partial charge in [-0.3, -0.25) is 4.57 Å². The van der Waals surface area contributed by atoms with Crippen molar-refractivity contribution < 1.29 is 15.7 Å². The molecule has 62 heavy (non-hydrogen) atoms. The lowest BCUT2D eigenvalue weighted by molar-refractivity contribution is 0.411. The Kier molecular flexibility index (Phi) is 6.89. The van der Waals surface area contributed by atoms with E-state index in [2.05, 4.69) is 102 Å². The second-order valence-electron chi connectivity index (χ2n) is 17.5. The van der Waals surface area contributed by atoms with Crippen molar-refractivity contribution in [1.29, 1.82) is 0 Å². The third-order valence-corrected chi connectivity index (χ3v) is 12.1. The highest BCUT2D eigenvalue weighted by molar-refractivity contribution is 6.21. The van der Waals surface area contributed by atoms with Gasteiger partial charge in [0.15, 0.2) is 0 Å². The van der Waals surface area contributed by atoms with Gasteiger partial charge in [0.1, 0.15) is 24.0 Å². The van der Waals surface area contributed by atoms with E-state index in [0.717, 1.165) is 65.7 Å². The highest BCUT2D eigenvalue weighted by atomic mass is 16.5. The largest absolute Gasteiger partial charge is 0.457 e. The molecule has 7 aromatic carbocycles. The van der Waals surface area contributed by atoms with Gasteiger partial charge in [-0.05, 0) is 126 Å². The number of rotatable bonds is 5. The van der Waals surface area contributed by atoms with Gasteiger partial charge in [-0.25, -0.2) is 4.98 Å². The number of hydrogen-bond donors (Lipinski definition) is 0. The zero-order valence-corrected chi connectivity index (χ0v) is 35.3. The molecule has 0 fully saturated rings. The number of pyridine rings is 1. The van der Waals surface area contributed by atoms with Crippen LogP contribution in [0.15, 0.2) is 152 Å². The Morgan fingerprint density at radius 1 is 0.613 bits per heavy atom. The SMILES string of the molecule is [2H]C([2H])([2H])c1ccc2c(c1)c1ccc(Oc3cc(N4Cn5c6c(C)cccc6c6cc(C)ccc6c6ccccc6c6cccc4c65)ccc3C([2H])([2H])[2H])cc1n2-c1cc(C([2H])([2H])C(C)(C)C)ccn1. The third kappa shape index (κ3) is 6.25. The van der Waals surface area contributed by atoms with Crippen LogP contribution in [0.3, 0.4) is 0 Å². The summed E-state index contributed by atoms with van der Waals surface area (Å²) in [6.45, 7) is 5.39. The van der Waals surface area contributed by atoms with Gasteiger partial charge in [-0.1, -0.05) is 117 Å². The molecule has 0 saturated heterocycles. The Bertz CT molecular complexity index is 3880. The monoisotopic (exact) mass is 814 g/mol. The number of nitrogens with zero attached hydrogens (tertiary/aromatic N) is 4. The summed E-state index contributed by atoms with van der Waals surface area (Å²) >= 11 is 0. The maximum atomic E-state index is 9.08. The van der Waals surface area contributed by atoms with Crippen molar-refractivity contribution in [3.8, 4) is 17.3 Å². The summed E-state index contributed by atoms with van der Waals surface area (Å²) in [6.07, 6.45) is -0.133. The summed E-state index contributed by atoms with van der Waals surface area (Å²) in [7, 11) is 0. The molecule has 0 N–H and O–H groups in total. The lowest BCUT2D eigenvalue weighted by atomic mass is 9.88. The second kappa shape index (κ2) is 14.2. The highest BCUT2D eigenvalue weighted by Crippen LogP contribution is 2.45.